The number of hydrogen-bond donors (Lipinski definition) is 1. The van der Waals surface area contributed by atoms with Crippen LogP contribution in [0, 0.1) is 5.82 Å². The van der Waals surface area contributed by atoms with Gasteiger partial charge in [0.25, 0.3) is 5.91 Å². The van der Waals surface area contributed by atoms with E-state index in [4.69, 9.17) is 4.74 Å². The predicted octanol–water partition coefficient (Wildman–Crippen LogP) is 1.99. The number of carbonyl (C=O) groups is 1. The van der Waals surface area contributed by atoms with Crippen molar-refractivity contribution in [3.8, 4) is 0 Å². The minimum absolute atomic E-state index is 0.137. The van der Waals surface area contributed by atoms with Gasteiger partial charge in [0.05, 0.1) is 25.1 Å². The van der Waals surface area contributed by atoms with Crippen molar-refractivity contribution in [2.75, 3.05) is 31.2 Å². The SMILES string of the molecule is O=C(NCc1ccccc1F)c1ccc(N2CCOCC2)cn1. The molecule has 0 aliphatic carbocycles. The van der Waals surface area contributed by atoms with E-state index in [0.29, 0.717) is 24.5 Å². The molecule has 0 saturated carbocycles. The number of ether oxygens (including phenoxy) is 1. The molecule has 2 heterocycles. The maximum absolute atomic E-state index is 13.5. The highest BCUT2D eigenvalue weighted by Gasteiger charge is 2.13. The number of pyridine rings is 1. The number of amides is 1. The predicted molar refractivity (Wildman–Crippen MR) is 84.8 cm³/mol. The number of benzene rings is 1. The molecule has 1 fully saturated rings. The Kier molecular flexibility index (Phi) is 4.83. The standard InChI is InChI=1S/C17H18FN3O2/c18-15-4-2-1-3-13(15)11-20-17(22)16-6-5-14(12-19-16)21-7-9-23-10-8-21/h1-6,12H,7-11H2,(H,20,22). The van der Waals surface area contributed by atoms with E-state index in [1.165, 1.54) is 6.07 Å². The third-order valence-corrected chi connectivity index (χ3v) is 3.75. The molecule has 1 aliphatic rings. The monoisotopic (exact) mass is 315 g/mol. The van der Waals surface area contributed by atoms with Crippen molar-refractivity contribution < 1.29 is 13.9 Å². The molecule has 1 aliphatic heterocycles. The average Bonchev–Trinajstić information content (AvgIpc) is 2.62. The van der Waals surface area contributed by atoms with Gasteiger partial charge in [-0.1, -0.05) is 18.2 Å². The minimum atomic E-state index is -0.330. The van der Waals surface area contributed by atoms with Gasteiger partial charge in [0.2, 0.25) is 0 Å². The Morgan fingerprint density at radius 1 is 1.22 bits per heavy atom. The van der Waals surface area contributed by atoms with Crippen LogP contribution in [0.25, 0.3) is 0 Å². The Balaban J connectivity index is 1.60. The third kappa shape index (κ3) is 3.84. The molecule has 1 aromatic carbocycles. The van der Waals surface area contributed by atoms with Crippen LogP contribution >= 0.6 is 0 Å². The number of aromatic nitrogens is 1. The van der Waals surface area contributed by atoms with Gasteiger partial charge in [-0.15, -0.1) is 0 Å². The molecule has 5 nitrogen and oxygen atoms in total. The third-order valence-electron chi connectivity index (χ3n) is 3.75. The van der Waals surface area contributed by atoms with Crippen LogP contribution in [-0.4, -0.2) is 37.2 Å². The van der Waals surface area contributed by atoms with Crippen LogP contribution in [0.5, 0.6) is 0 Å². The summed E-state index contributed by atoms with van der Waals surface area (Å²) in [5.74, 6) is -0.648. The van der Waals surface area contributed by atoms with E-state index in [9.17, 15) is 9.18 Å². The number of rotatable bonds is 4. The van der Waals surface area contributed by atoms with Gasteiger partial charge in [0.15, 0.2) is 0 Å². The van der Waals surface area contributed by atoms with Crippen molar-refractivity contribution in [2.24, 2.45) is 0 Å². The summed E-state index contributed by atoms with van der Waals surface area (Å²) in [5, 5.41) is 2.68. The quantitative estimate of drug-likeness (QED) is 0.937. The molecule has 0 atom stereocenters. The highest BCUT2D eigenvalue weighted by molar-refractivity contribution is 5.92. The van der Waals surface area contributed by atoms with Crippen molar-refractivity contribution in [1.29, 1.82) is 0 Å². The Labute approximate surface area is 134 Å². The van der Waals surface area contributed by atoms with Crippen LogP contribution in [0.3, 0.4) is 0 Å². The van der Waals surface area contributed by atoms with E-state index in [2.05, 4.69) is 15.2 Å². The first kappa shape index (κ1) is 15.4. The summed E-state index contributed by atoms with van der Waals surface area (Å²) in [7, 11) is 0. The largest absolute Gasteiger partial charge is 0.378 e. The molecule has 1 saturated heterocycles. The normalized spacial score (nSPS) is 14.6. The summed E-state index contributed by atoms with van der Waals surface area (Å²) in [6.45, 7) is 3.18. The second-order valence-corrected chi connectivity index (χ2v) is 5.28. The number of anilines is 1. The number of morpholine rings is 1. The fourth-order valence-corrected chi connectivity index (χ4v) is 2.44. The first-order valence-corrected chi connectivity index (χ1v) is 7.54. The van der Waals surface area contributed by atoms with Crippen molar-refractivity contribution >= 4 is 11.6 Å². The van der Waals surface area contributed by atoms with E-state index < -0.39 is 0 Å². The van der Waals surface area contributed by atoms with Crippen LogP contribution in [0.15, 0.2) is 42.6 Å². The van der Waals surface area contributed by atoms with Crippen molar-refractivity contribution in [3.05, 3.63) is 59.7 Å². The topological polar surface area (TPSA) is 54.5 Å². The Morgan fingerprint density at radius 2 is 2.00 bits per heavy atom. The van der Waals surface area contributed by atoms with E-state index in [0.717, 1.165) is 18.8 Å². The van der Waals surface area contributed by atoms with Crippen molar-refractivity contribution in [3.63, 3.8) is 0 Å². The molecular weight excluding hydrogens is 297 g/mol. The van der Waals surface area contributed by atoms with Crippen LogP contribution in [0.2, 0.25) is 0 Å². The highest BCUT2D eigenvalue weighted by atomic mass is 19.1. The summed E-state index contributed by atoms with van der Waals surface area (Å²) < 4.78 is 18.8. The van der Waals surface area contributed by atoms with Gasteiger partial charge in [-0.3, -0.25) is 4.79 Å². The van der Waals surface area contributed by atoms with Gasteiger partial charge < -0.3 is 15.0 Å². The molecular formula is C17H18FN3O2. The molecule has 1 amide bonds. The van der Waals surface area contributed by atoms with Gasteiger partial charge in [-0.05, 0) is 18.2 Å². The molecule has 0 radical (unpaired) electrons. The van der Waals surface area contributed by atoms with Crippen LogP contribution in [-0.2, 0) is 11.3 Å². The zero-order valence-electron chi connectivity index (χ0n) is 12.7. The Bertz CT molecular complexity index is 670. The molecule has 0 spiro atoms. The molecule has 2 aromatic rings. The molecule has 1 N–H and O–H groups in total. The highest BCUT2D eigenvalue weighted by Crippen LogP contribution is 2.14. The van der Waals surface area contributed by atoms with Crippen LogP contribution < -0.4 is 10.2 Å². The second-order valence-electron chi connectivity index (χ2n) is 5.28. The first-order valence-electron chi connectivity index (χ1n) is 7.54. The number of nitrogens with one attached hydrogen (secondary N) is 1. The van der Waals surface area contributed by atoms with E-state index >= 15 is 0 Å². The number of hydrogen-bond acceptors (Lipinski definition) is 4. The van der Waals surface area contributed by atoms with Gasteiger partial charge >= 0.3 is 0 Å². The lowest BCUT2D eigenvalue weighted by Crippen LogP contribution is -2.36. The molecule has 3 rings (SSSR count). The van der Waals surface area contributed by atoms with Gasteiger partial charge in [-0.2, -0.15) is 0 Å². The molecule has 23 heavy (non-hydrogen) atoms. The molecule has 0 bridgehead atoms. The molecule has 0 unspecified atom stereocenters. The van der Waals surface area contributed by atoms with E-state index in [-0.39, 0.29) is 18.3 Å². The zero-order valence-corrected chi connectivity index (χ0v) is 12.7. The number of halogens is 1. The Hall–Kier alpha value is -2.47. The summed E-state index contributed by atoms with van der Waals surface area (Å²) >= 11 is 0. The summed E-state index contributed by atoms with van der Waals surface area (Å²) in [4.78, 5) is 18.5. The maximum atomic E-state index is 13.5. The molecule has 1 aromatic heterocycles. The van der Waals surface area contributed by atoms with Crippen LogP contribution in [0.4, 0.5) is 10.1 Å². The van der Waals surface area contributed by atoms with Crippen molar-refractivity contribution in [1.82, 2.24) is 10.3 Å². The fraction of sp³-hybridized carbons (Fsp3) is 0.294. The Morgan fingerprint density at radius 3 is 2.70 bits per heavy atom. The molecule has 120 valence electrons. The summed E-state index contributed by atoms with van der Waals surface area (Å²) in [6, 6.07) is 9.92. The zero-order chi connectivity index (χ0) is 16.1. The van der Waals surface area contributed by atoms with Gasteiger partial charge in [0, 0.05) is 25.2 Å². The molecule has 6 heteroatoms. The lowest BCUT2D eigenvalue weighted by molar-refractivity contribution is 0.0945. The lowest BCUT2D eigenvalue weighted by atomic mass is 10.2. The van der Waals surface area contributed by atoms with E-state index in [1.54, 1.807) is 30.5 Å². The van der Waals surface area contributed by atoms with Crippen LogP contribution in [0.1, 0.15) is 16.1 Å². The fourth-order valence-electron chi connectivity index (χ4n) is 2.44. The van der Waals surface area contributed by atoms with Gasteiger partial charge in [-0.25, -0.2) is 9.37 Å². The lowest BCUT2D eigenvalue weighted by Gasteiger charge is -2.28. The average molecular weight is 315 g/mol. The number of nitrogens with zero attached hydrogens (tertiary/aromatic N) is 2. The second kappa shape index (κ2) is 7.19. The maximum Gasteiger partial charge on any atom is 0.270 e. The summed E-state index contributed by atoms with van der Waals surface area (Å²) in [5.41, 5.74) is 1.74. The van der Waals surface area contributed by atoms with Gasteiger partial charge in [0.1, 0.15) is 11.5 Å². The van der Waals surface area contributed by atoms with E-state index in [1.807, 2.05) is 6.07 Å². The smallest absolute Gasteiger partial charge is 0.270 e. The van der Waals surface area contributed by atoms with Crippen molar-refractivity contribution in [2.45, 2.75) is 6.54 Å². The first-order chi connectivity index (χ1) is 11.2. The summed E-state index contributed by atoms with van der Waals surface area (Å²) in [6.07, 6.45) is 1.68. The minimum Gasteiger partial charge on any atom is -0.378 e. The number of carbonyl (C=O) groups excluding carboxylic acids is 1.